The Labute approximate surface area is 203 Å². The summed E-state index contributed by atoms with van der Waals surface area (Å²) in [4.78, 5) is 0. The van der Waals surface area contributed by atoms with Crippen LogP contribution in [0.15, 0.2) is 66.7 Å². The molecule has 180 valence electrons. The van der Waals surface area contributed by atoms with Crippen LogP contribution in [0.4, 0.5) is 5.69 Å². The summed E-state index contributed by atoms with van der Waals surface area (Å²) in [6.45, 7) is 10.1. The Morgan fingerprint density at radius 1 is 0.971 bits per heavy atom. The van der Waals surface area contributed by atoms with E-state index < -0.39 is 5.60 Å². The smallest absolute Gasteiger partial charge is 0.132 e. The quantitative estimate of drug-likeness (QED) is 0.397. The molecule has 2 unspecified atom stereocenters. The summed E-state index contributed by atoms with van der Waals surface area (Å²) in [5, 5.41) is 3.52. The minimum Gasteiger partial charge on any atom is -0.497 e. The molecule has 5 nitrogen and oxygen atoms in total. The Morgan fingerprint density at radius 2 is 1.74 bits per heavy atom. The molecule has 4 rings (SSSR count). The van der Waals surface area contributed by atoms with E-state index in [2.05, 4.69) is 62.5 Å². The molecule has 0 saturated carbocycles. The lowest BCUT2D eigenvalue weighted by atomic mass is 9.87. The second-order valence-electron chi connectivity index (χ2n) is 9.19. The molecule has 5 heteroatoms. The third-order valence-electron chi connectivity index (χ3n) is 6.33. The Hall–Kier alpha value is -3.02. The zero-order valence-corrected chi connectivity index (χ0v) is 20.8. The van der Waals surface area contributed by atoms with Crippen LogP contribution >= 0.6 is 0 Å². The zero-order chi connectivity index (χ0) is 24.1. The van der Waals surface area contributed by atoms with E-state index in [9.17, 15) is 0 Å². The van der Waals surface area contributed by atoms with E-state index in [1.54, 1.807) is 7.11 Å². The fourth-order valence-electron chi connectivity index (χ4n) is 4.39. The normalized spacial score (nSPS) is 18.6. The van der Waals surface area contributed by atoms with Crippen molar-refractivity contribution in [2.24, 2.45) is 0 Å². The van der Waals surface area contributed by atoms with Crippen LogP contribution in [-0.4, -0.2) is 25.4 Å². The highest BCUT2D eigenvalue weighted by Gasteiger charge is 2.45. The molecule has 0 aliphatic carbocycles. The molecule has 0 saturated heterocycles. The number of benzene rings is 3. The lowest BCUT2D eigenvalue weighted by molar-refractivity contribution is -0.166. The van der Waals surface area contributed by atoms with Gasteiger partial charge in [-0.15, -0.1) is 0 Å². The van der Waals surface area contributed by atoms with Crippen molar-refractivity contribution in [3.63, 3.8) is 0 Å². The summed E-state index contributed by atoms with van der Waals surface area (Å²) in [7, 11) is 1.68. The van der Waals surface area contributed by atoms with Gasteiger partial charge in [0.25, 0.3) is 0 Å². The van der Waals surface area contributed by atoms with Crippen molar-refractivity contribution in [3.8, 4) is 11.5 Å². The molecule has 0 amide bonds. The molecule has 0 bridgehead atoms. The number of hydrogen-bond donors (Lipinski definition) is 1. The minimum atomic E-state index is -0.534. The van der Waals surface area contributed by atoms with Crippen LogP contribution in [-0.2, 0) is 22.6 Å². The summed E-state index contributed by atoms with van der Waals surface area (Å²) in [5.74, 6) is 1.70. The average Bonchev–Trinajstić information content (AvgIpc) is 2.83. The van der Waals surface area contributed by atoms with Gasteiger partial charge in [0.15, 0.2) is 0 Å². The largest absolute Gasteiger partial charge is 0.497 e. The molecule has 1 heterocycles. The second-order valence-corrected chi connectivity index (χ2v) is 9.19. The molecule has 3 aromatic rings. The highest BCUT2D eigenvalue weighted by atomic mass is 16.6. The first-order valence-electron chi connectivity index (χ1n) is 11.9. The van der Waals surface area contributed by atoms with Crippen LogP contribution in [0.25, 0.3) is 0 Å². The molecule has 0 fully saturated rings. The van der Waals surface area contributed by atoms with E-state index >= 15 is 0 Å². The van der Waals surface area contributed by atoms with Crippen molar-refractivity contribution in [1.82, 2.24) is 0 Å². The van der Waals surface area contributed by atoms with Gasteiger partial charge in [-0.05, 0) is 74.7 Å². The van der Waals surface area contributed by atoms with Gasteiger partial charge >= 0.3 is 0 Å². The second kappa shape index (κ2) is 10.5. The molecule has 2 atom stereocenters. The van der Waals surface area contributed by atoms with Crippen molar-refractivity contribution in [2.75, 3.05) is 19.0 Å². The molecule has 0 radical (unpaired) electrons. The fourth-order valence-corrected chi connectivity index (χ4v) is 4.39. The Balaban J connectivity index is 1.54. The Bertz CT molecular complexity index is 1090. The summed E-state index contributed by atoms with van der Waals surface area (Å²) in [6, 6.07) is 22.6. The van der Waals surface area contributed by atoms with Gasteiger partial charge in [0.2, 0.25) is 0 Å². The van der Waals surface area contributed by atoms with Crippen LogP contribution in [0, 0.1) is 6.92 Å². The molecule has 34 heavy (non-hydrogen) atoms. The molecule has 1 aliphatic heterocycles. The number of methoxy groups -OCH3 is 1. The molecule has 1 aliphatic rings. The highest BCUT2D eigenvalue weighted by Crippen LogP contribution is 2.44. The number of ether oxygens (including phenoxy) is 4. The fraction of sp³-hybridized carbons (Fsp3) is 0.379. The third kappa shape index (κ3) is 5.37. The topological polar surface area (TPSA) is 49.0 Å². The van der Waals surface area contributed by atoms with Crippen LogP contribution in [0.1, 0.15) is 49.1 Å². The van der Waals surface area contributed by atoms with E-state index in [1.165, 1.54) is 16.7 Å². The van der Waals surface area contributed by atoms with Gasteiger partial charge in [0.05, 0.1) is 13.7 Å². The number of nitrogens with one attached hydrogen (secondary N) is 1. The van der Waals surface area contributed by atoms with E-state index in [0.29, 0.717) is 19.8 Å². The first kappa shape index (κ1) is 24.1. The number of rotatable bonds is 9. The predicted octanol–water partition coefficient (Wildman–Crippen LogP) is 6.45. The van der Waals surface area contributed by atoms with Crippen LogP contribution in [0.5, 0.6) is 11.5 Å². The van der Waals surface area contributed by atoms with Gasteiger partial charge in [0, 0.05) is 24.4 Å². The number of hydrogen-bond acceptors (Lipinski definition) is 5. The maximum Gasteiger partial charge on any atom is 0.132 e. The summed E-state index contributed by atoms with van der Waals surface area (Å²) in [6.07, 6.45) is -0.480. The summed E-state index contributed by atoms with van der Waals surface area (Å²) in [5.41, 5.74) is 5.06. The predicted molar refractivity (Wildman–Crippen MR) is 136 cm³/mol. The van der Waals surface area contributed by atoms with Gasteiger partial charge in [-0.2, -0.15) is 0 Å². The zero-order valence-electron chi connectivity index (χ0n) is 20.8. The molecular formula is C29H35NO4. The lowest BCUT2D eigenvalue weighted by Gasteiger charge is -2.44. The van der Waals surface area contributed by atoms with Crippen molar-refractivity contribution >= 4 is 5.69 Å². The van der Waals surface area contributed by atoms with Crippen molar-refractivity contribution < 1.29 is 18.9 Å². The van der Waals surface area contributed by atoms with E-state index in [0.717, 1.165) is 22.7 Å². The average molecular weight is 462 g/mol. The first-order valence-corrected chi connectivity index (χ1v) is 11.9. The maximum absolute atomic E-state index is 6.50. The van der Waals surface area contributed by atoms with E-state index in [-0.39, 0.29) is 12.2 Å². The van der Waals surface area contributed by atoms with Crippen LogP contribution in [0.2, 0.25) is 0 Å². The third-order valence-corrected chi connectivity index (χ3v) is 6.33. The van der Waals surface area contributed by atoms with Gasteiger partial charge in [0.1, 0.15) is 29.3 Å². The number of aryl methyl sites for hydroxylation is 1. The van der Waals surface area contributed by atoms with E-state index in [1.807, 2.05) is 37.3 Å². The minimum absolute atomic E-state index is 0.226. The Kier molecular flexibility index (Phi) is 7.44. The van der Waals surface area contributed by atoms with Crippen LogP contribution < -0.4 is 14.8 Å². The standard InChI is InChI=1S/C29H35NO4/c1-6-32-27-25-17-23(30-18-21-11-14-24(31-5)15-12-21)13-16-26(25)34-29(3,4)28(27)33-19-22-10-8-7-9-20(22)2/h7-17,27-28,30H,6,18-19H2,1-5H3. The van der Waals surface area contributed by atoms with Gasteiger partial charge < -0.3 is 24.3 Å². The van der Waals surface area contributed by atoms with Crippen molar-refractivity contribution in [2.45, 2.75) is 58.7 Å². The molecule has 1 N–H and O–H groups in total. The number of anilines is 1. The highest BCUT2D eigenvalue weighted by molar-refractivity contribution is 5.54. The van der Waals surface area contributed by atoms with Crippen molar-refractivity contribution in [3.05, 3.63) is 89.0 Å². The summed E-state index contributed by atoms with van der Waals surface area (Å²) >= 11 is 0. The monoisotopic (exact) mass is 461 g/mol. The van der Waals surface area contributed by atoms with Crippen molar-refractivity contribution in [1.29, 1.82) is 0 Å². The molecule has 0 spiro atoms. The first-order chi connectivity index (χ1) is 16.4. The van der Waals surface area contributed by atoms with Gasteiger partial charge in [-0.1, -0.05) is 36.4 Å². The SMILES string of the molecule is CCOC1c2cc(NCc3ccc(OC)cc3)ccc2OC(C)(C)C1OCc1ccccc1C. The molecule has 3 aromatic carbocycles. The van der Waals surface area contributed by atoms with Crippen LogP contribution in [0.3, 0.4) is 0 Å². The van der Waals surface area contributed by atoms with E-state index in [4.69, 9.17) is 18.9 Å². The molecule has 0 aromatic heterocycles. The Morgan fingerprint density at radius 3 is 2.44 bits per heavy atom. The maximum atomic E-state index is 6.50. The lowest BCUT2D eigenvalue weighted by Crippen LogP contribution is -2.51. The van der Waals surface area contributed by atoms with Gasteiger partial charge in [-0.3, -0.25) is 0 Å². The number of fused-ring (bicyclic) bond motifs is 1. The van der Waals surface area contributed by atoms with Gasteiger partial charge in [-0.25, -0.2) is 0 Å². The summed E-state index contributed by atoms with van der Waals surface area (Å²) < 4.78 is 24.4. The molecular weight excluding hydrogens is 426 g/mol.